The normalized spacial score (nSPS) is 11.0. The lowest BCUT2D eigenvalue weighted by atomic mass is 10.1. The molecule has 40 heavy (non-hydrogen) atoms. The average molecular weight is 560 g/mol. The van der Waals surface area contributed by atoms with E-state index in [2.05, 4.69) is 5.10 Å². The zero-order valence-electron chi connectivity index (χ0n) is 22.2. The number of nitrogens with zero attached hydrogens (tertiary/aromatic N) is 5. The summed E-state index contributed by atoms with van der Waals surface area (Å²) in [7, 11) is 4.24. The van der Waals surface area contributed by atoms with Gasteiger partial charge >= 0.3 is 5.69 Å². The van der Waals surface area contributed by atoms with Crippen molar-refractivity contribution in [2.45, 2.75) is 13.5 Å². The summed E-state index contributed by atoms with van der Waals surface area (Å²) in [6.45, 7) is 1.36. The van der Waals surface area contributed by atoms with Crippen LogP contribution in [-0.4, -0.2) is 52.0 Å². The van der Waals surface area contributed by atoms with E-state index in [1.54, 1.807) is 72.5 Å². The fourth-order valence-electron chi connectivity index (χ4n) is 4.45. The van der Waals surface area contributed by atoms with Crippen LogP contribution in [0.1, 0.15) is 26.3 Å². The van der Waals surface area contributed by atoms with Gasteiger partial charge in [0.1, 0.15) is 21.3 Å². The van der Waals surface area contributed by atoms with Crippen molar-refractivity contribution < 1.29 is 19.1 Å². The lowest BCUT2D eigenvalue weighted by Gasteiger charge is -2.21. The number of ether oxygens (including phenoxy) is 2. The van der Waals surface area contributed by atoms with Gasteiger partial charge in [0, 0.05) is 30.6 Å². The first-order valence-corrected chi connectivity index (χ1v) is 13.0. The zero-order chi connectivity index (χ0) is 28.6. The zero-order valence-corrected chi connectivity index (χ0v) is 23.0. The molecule has 12 heteroatoms. The number of hydrogen-bond acceptors (Lipinski definition) is 8. The number of aromatic nitrogens is 4. The third kappa shape index (κ3) is 4.47. The van der Waals surface area contributed by atoms with E-state index in [-0.39, 0.29) is 29.0 Å². The van der Waals surface area contributed by atoms with Gasteiger partial charge < -0.3 is 9.47 Å². The topological polar surface area (TPSA) is 118 Å². The molecule has 0 atom stereocenters. The van der Waals surface area contributed by atoms with Gasteiger partial charge in [0.05, 0.1) is 31.7 Å². The summed E-state index contributed by atoms with van der Waals surface area (Å²) in [5.41, 5.74) is -0.479. The number of carbonyl (C=O) groups excluding carboxylic acids is 2. The molecular formula is C28H25N5O6S. The minimum Gasteiger partial charge on any atom is -0.497 e. The number of carbonyl (C=O) groups is 2. The minimum atomic E-state index is -0.840. The number of para-hydroxylation sites is 1. The molecule has 0 radical (unpaired) electrons. The predicted octanol–water partition coefficient (Wildman–Crippen LogP) is 3.03. The Kier molecular flexibility index (Phi) is 7.09. The van der Waals surface area contributed by atoms with Gasteiger partial charge in [-0.15, -0.1) is 0 Å². The number of aryl methyl sites for hydroxylation is 1. The highest BCUT2D eigenvalue weighted by Crippen LogP contribution is 2.31. The molecule has 2 aromatic carbocycles. The molecule has 0 aliphatic heterocycles. The summed E-state index contributed by atoms with van der Waals surface area (Å²) < 4.78 is 14.1. The maximum Gasteiger partial charge on any atom is 0.352 e. The third-order valence-corrected chi connectivity index (χ3v) is 7.81. The predicted molar refractivity (Wildman–Crippen MR) is 151 cm³/mol. The lowest BCUT2D eigenvalue weighted by Crippen LogP contribution is -2.53. The second kappa shape index (κ2) is 10.7. The van der Waals surface area contributed by atoms with Gasteiger partial charge in [0.25, 0.3) is 11.5 Å². The van der Waals surface area contributed by atoms with Crippen LogP contribution >= 0.6 is 11.3 Å². The van der Waals surface area contributed by atoms with E-state index < -0.39 is 17.2 Å². The number of benzene rings is 2. The van der Waals surface area contributed by atoms with Crippen molar-refractivity contribution in [3.05, 3.63) is 105 Å². The molecule has 5 rings (SSSR count). The van der Waals surface area contributed by atoms with Crippen LogP contribution in [0.4, 0.5) is 0 Å². The van der Waals surface area contributed by atoms with Gasteiger partial charge in [-0.05, 0) is 37.3 Å². The van der Waals surface area contributed by atoms with Crippen LogP contribution in [-0.2, 0) is 6.54 Å². The van der Waals surface area contributed by atoms with E-state index in [0.29, 0.717) is 26.7 Å². The maximum atomic E-state index is 13.9. The number of hydrogen-bond donors (Lipinski definition) is 0. The van der Waals surface area contributed by atoms with Crippen molar-refractivity contribution in [3.8, 4) is 16.5 Å². The van der Waals surface area contributed by atoms with Crippen LogP contribution in [0.2, 0.25) is 0 Å². The Morgan fingerprint density at radius 3 is 2.50 bits per heavy atom. The molecule has 204 valence electrons. The maximum absolute atomic E-state index is 13.9. The summed E-state index contributed by atoms with van der Waals surface area (Å²) in [6, 6.07) is 14.8. The van der Waals surface area contributed by atoms with Crippen molar-refractivity contribution in [1.82, 2.24) is 19.0 Å². The molecule has 0 aliphatic rings. The van der Waals surface area contributed by atoms with Crippen molar-refractivity contribution >= 4 is 33.2 Å². The number of methoxy groups -OCH3 is 2. The van der Waals surface area contributed by atoms with Crippen molar-refractivity contribution in [2.24, 2.45) is 0 Å². The van der Waals surface area contributed by atoms with Crippen LogP contribution in [0.15, 0.2) is 76.6 Å². The molecule has 0 bridgehead atoms. The van der Waals surface area contributed by atoms with Crippen LogP contribution < -0.4 is 25.7 Å². The first-order valence-electron chi connectivity index (χ1n) is 12.1. The molecule has 11 nitrogen and oxygen atoms in total. The second-order valence-electron chi connectivity index (χ2n) is 8.83. The Morgan fingerprint density at radius 2 is 1.80 bits per heavy atom. The summed E-state index contributed by atoms with van der Waals surface area (Å²) in [5, 5.41) is 6.02. The highest BCUT2D eigenvalue weighted by molar-refractivity contribution is 7.21. The smallest absolute Gasteiger partial charge is 0.352 e. The molecule has 0 spiro atoms. The number of amides is 1. The summed E-state index contributed by atoms with van der Waals surface area (Å²) >= 11 is 1.16. The minimum absolute atomic E-state index is 0.164. The SMILES string of the molecule is COc1cccc(C(=O)Cn2c(=O)n(N(C)C(=O)c3ccccc3OC)c(=O)c3c(C)c(-n4cccn4)sc32)c1. The van der Waals surface area contributed by atoms with E-state index in [9.17, 15) is 19.2 Å². The van der Waals surface area contributed by atoms with Crippen LogP contribution in [0.3, 0.4) is 0 Å². The standard InChI is InChI=1S/C28H25N5O6S/c1-17-23-25(36)33(30(2)24(35)20-11-5-6-12-22(20)39-4)28(37)31(27(23)40-26(17)32-14-8-13-29-32)16-21(34)18-9-7-10-19(15-18)38-3/h5-15H,16H2,1-4H3. The van der Waals surface area contributed by atoms with Crippen LogP contribution in [0, 0.1) is 6.92 Å². The van der Waals surface area contributed by atoms with Gasteiger partial charge in [0.15, 0.2) is 5.78 Å². The van der Waals surface area contributed by atoms with Gasteiger partial charge in [-0.3, -0.25) is 19.0 Å². The summed E-state index contributed by atoms with van der Waals surface area (Å²) in [4.78, 5) is 55.0. The largest absolute Gasteiger partial charge is 0.497 e. The number of thiophene rings is 1. The fourth-order valence-corrected chi connectivity index (χ4v) is 5.69. The lowest BCUT2D eigenvalue weighted by molar-refractivity contribution is 0.0960. The van der Waals surface area contributed by atoms with E-state index in [1.807, 2.05) is 0 Å². The second-order valence-corrected chi connectivity index (χ2v) is 9.81. The van der Waals surface area contributed by atoms with E-state index in [4.69, 9.17) is 9.47 Å². The Morgan fingerprint density at radius 1 is 1.02 bits per heavy atom. The third-order valence-electron chi connectivity index (χ3n) is 6.50. The number of ketones is 1. The quantitative estimate of drug-likeness (QED) is 0.268. The monoisotopic (exact) mass is 559 g/mol. The number of Topliss-reactive ketones (excluding diaryl/α,β-unsaturated/α-hetero) is 1. The molecular weight excluding hydrogens is 534 g/mol. The molecule has 1 amide bonds. The highest BCUT2D eigenvalue weighted by Gasteiger charge is 2.27. The van der Waals surface area contributed by atoms with E-state index in [0.717, 1.165) is 21.0 Å². The Balaban J connectivity index is 1.73. The van der Waals surface area contributed by atoms with E-state index in [1.165, 1.54) is 31.9 Å². The summed E-state index contributed by atoms with van der Waals surface area (Å²) in [5.74, 6) is -0.238. The Bertz CT molecular complexity index is 1870. The molecule has 5 aromatic rings. The molecule has 0 N–H and O–H groups in total. The molecule has 0 fully saturated rings. The molecule has 0 aliphatic carbocycles. The fraction of sp³-hybridized carbons (Fsp3) is 0.179. The van der Waals surface area contributed by atoms with Crippen molar-refractivity contribution in [3.63, 3.8) is 0 Å². The first-order chi connectivity index (χ1) is 19.3. The van der Waals surface area contributed by atoms with Gasteiger partial charge in [0.2, 0.25) is 0 Å². The van der Waals surface area contributed by atoms with Crippen molar-refractivity contribution in [1.29, 1.82) is 0 Å². The van der Waals surface area contributed by atoms with Crippen LogP contribution in [0.25, 0.3) is 15.2 Å². The number of fused-ring (bicyclic) bond motifs is 1. The van der Waals surface area contributed by atoms with Crippen molar-refractivity contribution in [2.75, 3.05) is 26.3 Å². The van der Waals surface area contributed by atoms with Gasteiger partial charge in [-0.25, -0.2) is 14.5 Å². The molecule has 0 saturated heterocycles. The average Bonchev–Trinajstić information content (AvgIpc) is 3.62. The van der Waals surface area contributed by atoms with Gasteiger partial charge in [-0.1, -0.05) is 35.6 Å². The molecule has 3 heterocycles. The first kappa shape index (κ1) is 26.6. The van der Waals surface area contributed by atoms with E-state index >= 15 is 0 Å². The summed E-state index contributed by atoms with van der Waals surface area (Å²) in [6.07, 6.45) is 3.32. The Labute approximate surface area is 232 Å². The molecule has 0 saturated carbocycles. The molecule has 0 unspecified atom stereocenters. The Hall–Kier alpha value is -4.97. The molecule has 3 aromatic heterocycles. The van der Waals surface area contributed by atoms with Gasteiger partial charge in [-0.2, -0.15) is 9.77 Å². The number of rotatable bonds is 8. The van der Waals surface area contributed by atoms with Crippen LogP contribution in [0.5, 0.6) is 11.5 Å². The highest BCUT2D eigenvalue weighted by atomic mass is 32.1.